The fraction of sp³-hybridized carbons (Fsp3) is 0.217. The lowest BCUT2D eigenvalue weighted by atomic mass is 10.1. The van der Waals surface area contributed by atoms with Gasteiger partial charge in [0.2, 0.25) is 0 Å². The Kier molecular flexibility index (Phi) is 7.28. The van der Waals surface area contributed by atoms with E-state index in [4.69, 9.17) is 16.3 Å². The molecule has 0 heterocycles. The molecule has 3 rings (SSSR count). The molecule has 0 amide bonds. The van der Waals surface area contributed by atoms with Gasteiger partial charge < -0.3 is 9.84 Å². The second-order valence-electron chi connectivity index (χ2n) is 6.56. The third kappa shape index (κ3) is 6.72. The summed E-state index contributed by atoms with van der Waals surface area (Å²) in [5.74, 6) is 0.705. The minimum Gasteiger partial charge on any atom is -0.491 e. The first-order valence-corrected chi connectivity index (χ1v) is 9.43. The summed E-state index contributed by atoms with van der Waals surface area (Å²) >= 11 is 5.89. The van der Waals surface area contributed by atoms with Gasteiger partial charge in [0, 0.05) is 24.7 Å². The van der Waals surface area contributed by atoms with Crippen LogP contribution < -0.4 is 4.74 Å². The Balaban J connectivity index is 1.59. The summed E-state index contributed by atoms with van der Waals surface area (Å²) in [5, 5.41) is 11.2. The van der Waals surface area contributed by atoms with Crippen LogP contribution in [0.2, 0.25) is 5.02 Å². The van der Waals surface area contributed by atoms with Crippen molar-refractivity contribution in [2.24, 2.45) is 0 Å². The Morgan fingerprint density at radius 1 is 0.778 bits per heavy atom. The van der Waals surface area contributed by atoms with Crippen molar-refractivity contribution in [1.29, 1.82) is 0 Å². The van der Waals surface area contributed by atoms with E-state index in [1.807, 2.05) is 36.4 Å². The summed E-state index contributed by atoms with van der Waals surface area (Å²) < 4.78 is 5.69. The van der Waals surface area contributed by atoms with E-state index in [0.29, 0.717) is 17.3 Å². The van der Waals surface area contributed by atoms with E-state index < -0.39 is 6.10 Å². The molecule has 0 aromatic heterocycles. The standard InChI is InChI=1S/C23H24ClNO2/c24-21-11-13-23(14-12-21)27-18-22(26)17-25(15-19-7-3-1-4-8-19)16-20-9-5-2-6-10-20/h1-14,22,26H,15-18H2. The van der Waals surface area contributed by atoms with Gasteiger partial charge in [-0.2, -0.15) is 0 Å². The third-order valence-electron chi connectivity index (χ3n) is 4.22. The molecule has 0 fully saturated rings. The van der Waals surface area contributed by atoms with Crippen LogP contribution in [-0.4, -0.2) is 29.3 Å². The second kappa shape index (κ2) is 10.1. The van der Waals surface area contributed by atoms with Crippen molar-refractivity contribution < 1.29 is 9.84 Å². The Hall–Kier alpha value is -2.33. The van der Waals surface area contributed by atoms with Gasteiger partial charge >= 0.3 is 0 Å². The molecule has 1 atom stereocenters. The zero-order chi connectivity index (χ0) is 18.9. The summed E-state index contributed by atoms with van der Waals surface area (Å²) in [5.41, 5.74) is 2.44. The van der Waals surface area contributed by atoms with Gasteiger partial charge in [-0.15, -0.1) is 0 Å². The first-order chi connectivity index (χ1) is 13.2. The van der Waals surface area contributed by atoms with Gasteiger partial charge in [0.15, 0.2) is 0 Å². The van der Waals surface area contributed by atoms with E-state index in [-0.39, 0.29) is 6.61 Å². The van der Waals surface area contributed by atoms with Crippen LogP contribution in [0.1, 0.15) is 11.1 Å². The Bertz CT molecular complexity index is 752. The molecule has 1 N–H and O–H groups in total. The van der Waals surface area contributed by atoms with Crippen molar-refractivity contribution >= 4 is 11.6 Å². The van der Waals surface area contributed by atoms with E-state index in [1.54, 1.807) is 24.3 Å². The van der Waals surface area contributed by atoms with Gasteiger partial charge in [-0.25, -0.2) is 0 Å². The maximum Gasteiger partial charge on any atom is 0.119 e. The maximum atomic E-state index is 10.5. The lowest BCUT2D eigenvalue weighted by Crippen LogP contribution is -2.35. The van der Waals surface area contributed by atoms with E-state index in [0.717, 1.165) is 13.1 Å². The zero-order valence-corrected chi connectivity index (χ0v) is 15.9. The van der Waals surface area contributed by atoms with Crippen LogP contribution in [-0.2, 0) is 13.1 Å². The molecule has 3 nitrogen and oxygen atoms in total. The first kappa shape index (κ1) is 19.4. The lowest BCUT2D eigenvalue weighted by molar-refractivity contribution is 0.0628. The number of hydrogen-bond donors (Lipinski definition) is 1. The van der Waals surface area contributed by atoms with Crippen LogP contribution in [0.15, 0.2) is 84.9 Å². The van der Waals surface area contributed by atoms with Crippen molar-refractivity contribution in [2.45, 2.75) is 19.2 Å². The monoisotopic (exact) mass is 381 g/mol. The van der Waals surface area contributed by atoms with Crippen LogP contribution in [0.4, 0.5) is 0 Å². The molecule has 0 aliphatic carbocycles. The van der Waals surface area contributed by atoms with Gasteiger partial charge in [0.05, 0.1) is 0 Å². The highest BCUT2D eigenvalue weighted by Gasteiger charge is 2.14. The molecule has 0 aliphatic rings. The molecule has 4 heteroatoms. The molecule has 0 radical (unpaired) electrons. The molecule has 0 bridgehead atoms. The highest BCUT2D eigenvalue weighted by Crippen LogP contribution is 2.16. The van der Waals surface area contributed by atoms with Crippen LogP contribution >= 0.6 is 11.6 Å². The molecule has 27 heavy (non-hydrogen) atoms. The Morgan fingerprint density at radius 2 is 1.30 bits per heavy atom. The quantitative estimate of drug-likeness (QED) is 0.578. The second-order valence-corrected chi connectivity index (χ2v) is 7.00. The van der Waals surface area contributed by atoms with Crippen LogP contribution in [0.5, 0.6) is 5.75 Å². The molecule has 0 saturated heterocycles. The first-order valence-electron chi connectivity index (χ1n) is 9.06. The maximum absolute atomic E-state index is 10.5. The summed E-state index contributed by atoms with van der Waals surface area (Å²) in [6, 6.07) is 27.8. The normalized spacial score (nSPS) is 12.1. The number of rotatable bonds is 9. The number of nitrogens with zero attached hydrogens (tertiary/aromatic N) is 1. The Labute approximate surface area is 165 Å². The van der Waals surface area contributed by atoms with E-state index in [2.05, 4.69) is 29.2 Å². The van der Waals surface area contributed by atoms with Crippen LogP contribution in [0.3, 0.4) is 0 Å². The number of halogens is 1. The molecule has 0 saturated carbocycles. The molecule has 1 unspecified atom stereocenters. The topological polar surface area (TPSA) is 32.7 Å². The smallest absolute Gasteiger partial charge is 0.119 e. The van der Waals surface area contributed by atoms with Gasteiger partial charge in [0.25, 0.3) is 0 Å². The highest BCUT2D eigenvalue weighted by atomic mass is 35.5. The molecule has 0 aliphatic heterocycles. The van der Waals surface area contributed by atoms with Crippen LogP contribution in [0, 0.1) is 0 Å². The molecule has 0 spiro atoms. The SMILES string of the molecule is OC(COc1ccc(Cl)cc1)CN(Cc1ccccc1)Cc1ccccc1. The van der Waals surface area contributed by atoms with Crippen molar-refractivity contribution in [3.63, 3.8) is 0 Å². The Morgan fingerprint density at radius 3 is 1.81 bits per heavy atom. The highest BCUT2D eigenvalue weighted by molar-refractivity contribution is 6.30. The van der Waals surface area contributed by atoms with E-state index in [1.165, 1.54) is 11.1 Å². The molecule has 140 valence electrons. The zero-order valence-electron chi connectivity index (χ0n) is 15.2. The van der Waals surface area contributed by atoms with Crippen molar-refractivity contribution in [2.75, 3.05) is 13.2 Å². The number of aliphatic hydroxyl groups excluding tert-OH is 1. The molecule has 3 aromatic rings. The van der Waals surface area contributed by atoms with Gasteiger partial charge in [-0.3, -0.25) is 4.90 Å². The minimum absolute atomic E-state index is 0.238. The summed E-state index contributed by atoms with van der Waals surface area (Å²) in [7, 11) is 0. The van der Waals surface area contributed by atoms with Crippen LogP contribution in [0.25, 0.3) is 0 Å². The predicted octanol–water partition coefficient (Wildman–Crippen LogP) is 4.78. The van der Waals surface area contributed by atoms with Crippen molar-refractivity contribution in [3.05, 3.63) is 101 Å². The molecular formula is C23H24ClNO2. The third-order valence-corrected chi connectivity index (χ3v) is 4.47. The van der Waals surface area contributed by atoms with Gasteiger partial charge in [0.1, 0.15) is 18.5 Å². The predicted molar refractivity (Wildman–Crippen MR) is 110 cm³/mol. The van der Waals surface area contributed by atoms with Gasteiger partial charge in [-0.05, 0) is 35.4 Å². The summed E-state index contributed by atoms with van der Waals surface area (Å²) in [6.07, 6.45) is -0.590. The number of hydrogen-bond acceptors (Lipinski definition) is 3. The van der Waals surface area contributed by atoms with E-state index >= 15 is 0 Å². The van der Waals surface area contributed by atoms with Crippen molar-refractivity contribution in [1.82, 2.24) is 4.90 Å². The lowest BCUT2D eigenvalue weighted by Gasteiger charge is -2.25. The van der Waals surface area contributed by atoms with E-state index in [9.17, 15) is 5.11 Å². The molecule has 3 aromatic carbocycles. The molecular weight excluding hydrogens is 358 g/mol. The fourth-order valence-corrected chi connectivity index (χ4v) is 3.07. The number of aliphatic hydroxyl groups is 1. The summed E-state index contributed by atoms with van der Waals surface area (Å²) in [6.45, 7) is 2.31. The fourth-order valence-electron chi connectivity index (χ4n) is 2.94. The minimum atomic E-state index is -0.590. The number of ether oxygens (including phenoxy) is 1. The average molecular weight is 382 g/mol. The summed E-state index contributed by atoms with van der Waals surface area (Å²) in [4.78, 5) is 2.24. The number of benzene rings is 3. The largest absolute Gasteiger partial charge is 0.491 e. The average Bonchev–Trinajstić information content (AvgIpc) is 2.69. The van der Waals surface area contributed by atoms with Gasteiger partial charge in [-0.1, -0.05) is 72.3 Å². The van der Waals surface area contributed by atoms with Crippen molar-refractivity contribution in [3.8, 4) is 5.75 Å².